The minimum absolute atomic E-state index is 0.471. The Bertz CT molecular complexity index is 584. The van der Waals surface area contributed by atoms with Gasteiger partial charge in [0.2, 0.25) is 0 Å². The Kier molecular flexibility index (Phi) is 4.42. The molecule has 0 saturated carbocycles. The van der Waals surface area contributed by atoms with E-state index in [9.17, 15) is 0 Å². The highest BCUT2D eigenvalue weighted by molar-refractivity contribution is 9.10. The fourth-order valence-electron chi connectivity index (χ4n) is 1.86. The highest BCUT2D eigenvalue weighted by Gasteiger charge is 2.12. The van der Waals surface area contributed by atoms with E-state index in [0.717, 1.165) is 28.0 Å². The van der Waals surface area contributed by atoms with Crippen LogP contribution in [0.3, 0.4) is 0 Å². The third kappa shape index (κ3) is 3.25. The van der Waals surface area contributed by atoms with E-state index in [1.165, 1.54) is 5.56 Å². The minimum Gasteiger partial charge on any atom is -0.354 e. The molecule has 1 aromatic carbocycles. The van der Waals surface area contributed by atoms with E-state index in [1.807, 2.05) is 33.0 Å². The molecule has 0 radical (unpaired) electrons. The maximum atomic E-state index is 5.97. The third-order valence-corrected chi connectivity index (χ3v) is 4.02. The van der Waals surface area contributed by atoms with Crippen molar-refractivity contribution >= 4 is 33.3 Å². The van der Waals surface area contributed by atoms with Crippen molar-refractivity contribution in [2.45, 2.75) is 20.4 Å². The lowest BCUT2D eigenvalue weighted by molar-refractivity contribution is 0.852. The summed E-state index contributed by atoms with van der Waals surface area (Å²) in [5.41, 5.74) is 3.27. The fourth-order valence-corrected chi connectivity index (χ4v) is 2.31. The summed E-state index contributed by atoms with van der Waals surface area (Å²) < 4.78 is 1.08. The normalized spacial score (nSPS) is 10.6. The average molecular weight is 341 g/mol. The van der Waals surface area contributed by atoms with Crippen LogP contribution in [-0.2, 0) is 6.54 Å². The van der Waals surface area contributed by atoms with Crippen molar-refractivity contribution in [1.82, 2.24) is 10.2 Å². The number of hydrogen-bond acceptors (Lipinski definition) is 3. The summed E-state index contributed by atoms with van der Waals surface area (Å²) in [5, 5.41) is 8.64. The van der Waals surface area contributed by atoms with E-state index in [1.54, 1.807) is 0 Å². The van der Waals surface area contributed by atoms with Gasteiger partial charge < -0.3 is 4.90 Å². The van der Waals surface area contributed by atoms with Gasteiger partial charge in [0.05, 0.1) is 0 Å². The van der Waals surface area contributed by atoms with Crippen molar-refractivity contribution in [2.75, 3.05) is 11.9 Å². The predicted molar refractivity (Wildman–Crippen MR) is 82.8 cm³/mol. The summed E-state index contributed by atoms with van der Waals surface area (Å²) in [6, 6.07) is 8.25. The Balaban J connectivity index is 2.23. The van der Waals surface area contributed by atoms with Gasteiger partial charge in [-0.3, -0.25) is 0 Å². The molecule has 2 aromatic rings. The molecule has 0 aliphatic heterocycles. The van der Waals surface area contributed by atoms with E-state index >= 15 is 0 Å². The van der Waals surface area contributed by atoms with E-state index in [0.29, 0.717) is 5.15 Å². The Hall–Kier alpha value is -1.13. The van der Waals surface area contributed by atoms with E-state index < -0.39 is 0 Å². The second kappa shape index (κ2) is 5.88. The van der Waals surface area contributed by atoms with E-state index in [4.69, 9.17) is 11.6 Å². The van der Waals surface area contributed by atoms with Crippen molar-refractivity contribution in [3.8, 4) is 0 Å². The molecule has 3 nitrogen and oxygen atoms in total. The summed E-state index contributed by atoms with van der Waals surface area (Å²) >= 11 is 9.41. The van der Waals surface area contributed by atoms with Crippen LogP contribution in [0.25, 0.3) is 0 Å². The van der Waals surface area contributed by atoms with Gasteiger partial charge in [-0.25, -0.2) is 0 Å². The summed E-state index contributed by atoms with van der Waals surface area (Å²) in [4.78, 5) is 2.08. The lowest BCUT2D eigenvalue weighted by atomic mass is 10.1. The molecule has 0 aliphatic carbocycles. The van der Waals surface area contributed by atoms with Crippen LogP contribution in [0.15, 0.2) is 28.7 Å². The molecule has 0 saturated heterocycles. The Morgan fingerprint density at radius 3 is 2.37 bits per heavy atom. The third-order valence-electron chi connectivity index (χ3n) is 3.13. The van der Waals surface area contributed by atoms with Crippen LogP contribution >= 0.6 is 27.5 Å². The molecule has 0 amide bonds. The van der Waals surface area contributed by atoms with Crippen LogP contribution in [-0.4, -0.2) is 17.2 Å². The van der Waals surface area contributed by atoms with Crippen LogP contribution < -0.4 is 4.90 Å². The van der Waals surface area contributed by atoms with Gasteiger partial charge in [0.1, 0.15) is 0 Å². The molecule has 0 N–H and O–H groups in total. The number of anilines is 1. The lowest BCUT2D eigenvalue weighted by Gasteiger charge is -2.20. The average Bonchev–Trinajstić information content (AvgIpc) is 2.39. The van der Waals surface area contributed by atoms with Crippen molar-refractivity contribution < 1.29 is 0 Å². The number of rotatable bonds is 3. The summed E-state index contributed by atoms with van der Waals surface area (Å²) in [7, 11) is 2.01. The molecule has 0 unspecified atom stereocenters. The van der Waals surface area contributed by atoms with E-state index in [-0.39, 0.29) is 0 Å². The Labute approximate surface area is 126 Å². The van der Waals surface area contributed by atoms with Crippen LogP contribution in [0.1, 0.15) is 16.7 Å². The molecule has 0 atom stereocenters. The molecule has 1 heterocycles. The van der Waals surface area contributed by atoms with Gasteiger partial charge in [0.25, 0.3) is 0 Å². The lowest BCUT2D eigenvalue weighted by Crippen LogP contribution is -2.20. The number of aromatic nitrogens is 2. The molecule has 0 bridgehead atoms. The van der Waals surface area contributed by atoms with Crippen LogP contribution in [0.5, 0.6) is 0 Å². The molecule has 0 aliphatic rings. The molecule has 19 heavy (non-hydrogen) atoms. The van der Waals surface area contributed by atoms with Gasteiger partial charge in [-0.1, -0.05) is 39.7 Å². The first kappa shape index (κ1) is 14.3. The SMILES string of the molecule is Cc1c(Cl)nnc(N(C)Cc2ccc(Br)cc2)c1C. The van der Waals surface area contributed by atoms with Gasteiger partial charge in [-0.05, 0) is 42.7 Å². The maximum Gasteiger partial charge on any atom is 0.155 e. The molecule has 2 rings (SSSR count). The molecular weight excluding hydrogens is 326 g/mol. The van der Waals surface area contributed by atoms with E-state index in [2.05, 4.69) is 43.2 Å². The van der Waals surface area contributed by atoms with Crippen molar-refractivity contribution in [3.05, 3.63) is 50.6 Å². The highest BCUT2D eigenvalue weighted by atomic mass is 79.9. The number of hydrogen-bond donors (Lipinski definition) is 0. The van der Waals surface area contributed by atoms with Gasteiger partial charge in [-0.2, -0.15) is 0 Å². The topological polar surface area (TPSA) is 29.0 Å². The molecule has 1 aromatic heterocycles. The molecule has 100 valence electrons. The monoisotopic (exact) mass is 339 g/mol. The predicted octanol–water partition coefficient (Wildman–Crippen LogP) is 4.15. The summed E-state index contributed by atoms with van der Waals surface area (Å²) in [6.45, 7) is 4.76. The van der Waals surface area contributed by atoms with Gasteiger partial charge >= 0.3 is 0 Å². The first-order valence-corrected chi connectivity index (χ1v) is 7.11. The van der Waals surface area contributed by atoms with Crippen molar-refractivity contribution in [3.63, 3.8) is 0 Å². The van der Waals surface area contributed by atoms with Gasteiger partial charge in [-0.15, -0.1) is 10.2 Å². The number of benzene rings is 1. The second-order valence-electron chi connectivity index (χ2n) is 4.55. The van der Waals surface area contributed by atoms with Crippen molar-refractivity contribution in [1.29, 1.82) is 0 Å². The highest BCUT2D eigenvalue weighted by Crippen LogP contribution is 2.24. The van der Waals surface area contributed by atoms with Gasteiger partial charge in [0.15, 0.2) is 11.0 Å². The zero-order valence-electron chi connectivity index (χ0n) is 11.1. The minimum atomic E-state index is 0.471. The maximum absolute atomic E-state index is 5.97. The Morgan fingerprint density at radius 1 is 1.11 bits per heavy atom. The largest absolute Gasteiger partial charge is 0.354 e. The van der Waals surface area contributed by atoms with Crippen LogP contribution in [0.2, 0.25) is 5.15 Å². The standard InChI is InChI=1S/C14H15BrClN3/c1-9-10(2)14(18-17-13(9)16)19(3)8-11-4-6-12(15)7-5-11/h4-7H,8H2,1-3H3. The zero-order valence-corrected chi connectivity index (χ0v) is 13.5. The fraction of sp³-hybridized carbons (Fsp3) is 0.286. The summed E-state index contributed by atoms with van der Waals surface area (Å²) in [6.07, 6.45) is 0. The first-order valence-electron chi connectivity index (χ1n) is 5.94. The molecular formula is C14H15BrClN3. The summed E-state index contributed by atoms with van der Waals surface area (Å²) in [5.74, 6) is 0.866. The Morgan fingerprint density at radius 2 is 1.74 bits per heavy atom. The smallest absolute Gasteiger partial charge is 0.155 e. The second-order valence-corrected chi connectivity index (χ2v) is 5.82. The van der Waals surface area contributed by atoms with Crippen LogP contribution in [0, 0.1) is 13.8 Å². The first-order chi connectivity index (χ1) is 8.99. The van der Waals surface area contributed by atoms with Crippen molar-refractivity contribution in [2.24, 2.45) is 0 Å². The quantitative estimate of drug-likeness (QED) is 0.840. The number of nitrogens with zero attached hydrogens (tertiary/aromatic N) is 3. The molecule has 0 fully saturated rings. The van der Waals surface area contributed by atoms with Crippen LogP contribution in [0.4, 0.5) is 5.82 Å². The zero-order chi connectivity index (χ0) is 14.0. The number of halogens is 2. The molecule has 0 spiro atoms. The van der Waals surface area contributed by atoms with Gasteiger partial charge in [0, 0.05) is 18.1 Å². The molecule has 5 heteroatoms.